The number of nitrogens with one attached hydrogen (secondary N) is 1. The van der Waals surface area contributed by atoms with Gasteiger partial charge in [-0.25, -0.2) is 4.68 Å². The quantitative estimate of drug-likeness (QED) is 0.426. The van der Waals surface area contributed by atoms with Crippen molar-refractivity contribution in [2.24, 2.45) is 0 Å². The molecule has 0 fully saturated rings. The molecular weight excluding hydrogens is 440 g/mol. The molecular formula is C24H17BrN4O. The molecule has 6 heteroatoms. The Hall–Kier alpha value is -3.38. The van der Waals surface area contributed by atoms with Crippen molar-refractivity contribution in [3.63, 3.8) is 0 Å². The summed E-state index contributed by atoms with van der Waals surface area (Å²) in [5, 5.41) is 8.08. The van der Waals surface area contributed by atoms with Crippen LogP contribution in [0.2, 0.25) is 0 Å². The summed E-state index contributed by atoms with van der Waals surface area (Å²) < 4.78 is 9.58. The Morgan fingerprint density at radius 2 is 1.63 bits per heavy atom. The molecule has 4 aromatic rings. The number of nitrogens with zero attached hydrogens (tertiary/aromatic N) is 3. The number of para-hydroxylation sites is 1. The molecule has 0 unspecified atom stereocenters. The van der Waals surface area contributed by atoms with Crippen LogP contribution in [0.5, 0.6) is 5.75 Å². The second kappa shape index (κ2) is 6.85. The molecule has 0 saturated carbocycles. The minimum Gasteiger partial charge on any atom is -0.480 e. The van der Waals surface area contributed by atoms with E-state index in [-0.39, 0.29) is 12.1 Å². The van der Waals surface area contributed by atoms with E-state index >= 15 is 0 Å². The molecule has 0 radical (unpaired) electrons. The molecule has 5 nitrogen and oxygen atoms in total. The Bertz CT molecular complexity index is 1260. The third-order valence-corrected chi connectivity index (χ3v) is 6.14. The molecule has 1 N–H and O–H groups in total. The van der Waals surface area contributed by atoms with Gasteiger partial charge in [-0.3, -0.25) is 0 Å². The maximum atomic E-state index is 6.60. The van der Waals surface area contributed by atoms with Crippen LogP contribution in [0.3, 0.4) is 0 Å². The SMILES string of the molecule is Brc1ccc([C@H]2Oc3ccccc3C3=C2[C@@H](c2ccccc2)n2ncnc2N3)cc1. The van der Waals surface area contributed by atoms with Crippen LogP contribution in [-0.4, -0.2) is 14.8 Å². The van der Waals surface area contributed by atoms with Crippen LogP contribution in [0.15, 0.2) is 95.2 Å². The van der Waals surface area contributed by atoms with Gasteiger partial charge in [-0.05, 0) is 35.4 Å². The number of hydrogen-bond acceptors (Lipinski definition) is 4. The summed E-state index contributed by atoms with van der Waals surface area (Å²) in [6, 6.07) is 26.7. The van der Waals surface area contributed by atoms with Gasteiger partial charge in [0.1, 0.15) is 24.2 Å². The number of hydrogen-bond donors (Lipinski definition) is 1. The van der Waals surface area contributed by atoms with Crippen molar-refractivity contribution >= 4 is 27.6 Å². The van der Waals surface area contributed by atoms with E-state index in [0.717, 1.165) is 44.1 Å². The lowest BCUT2D eigenvalue weighted by atomic mass is 9.85. The zero-order chi connectivity index (χ0) is 20.1. The first kappa shape index (κ1) is 17.5. The highest BCUT2D eigenvalue weighted by Gasteiger charge is 2.40. The van der Waals surface area contributed by atoms with Crippen LogP contribution in [0.1, 0.15) is 28.8 Å². The molecule has 0 amide bonds. The number of ether oxygens (including phenoxy) is 1. The highest BCUT2D eigenvalue weighted by atomic mass is 79.9. The number of fused-ring (bicyclic) bond motifs is 3. The van der Waals surface area contributed by atoms with Gasteiger partial charge in [0.2, 0.25) is 5.95 Å². The summed E-state index contributed by atoms with van der Waals surface area (Å²) in [5.41, 5.74) is 5.44. The summed E-state index contributed by atoms with van der Waals surface area (Å²) in [6.45, 7) is 0. The highest BCUT2D eigenvalue weighted by molar-refractivity contribution is 9.10. The summed E-state index contributed by atoms with van der Waals surface area (Å²) >= 11 is 3.54. The first-order chi connectivity index (χ1) is 14.8. The summed E-state index contributed by atoms with van der Waals surface area (Å²) in [6.07, 6.45) is 1.34. The minimum atomic E-state index is -0.252. The predicted molar refractivity (Wildman–Crippen MR) is 119 cm³/mol. The smallest absolute Gasteiger partial charge is 0.226 e. The molecule has 0 spiro atoms. The van der Waals surface area contributed by atoms with E-state index in [1.54, 1.807) is 6.33 Å². The third-order valence-electron chi connectivity index (χ3n) is 5.61. The van der Waals surface area contributed by atoms with Crippen molar-refractivity contribution in [3.8, 4) is 5.75 Å². The van der Waals surface area contributed by atoms with Crippen molar-refractivity contribution in [1.82, 2.24) is 14.8 Å². The van der Waals surface area contributed by atoms with Gasteiger partial charge in [0.15, 0.2) is 0 Å². The highest BCUT2D eigenvalue weighted by Crippen LogP contribution is 2.50. The third kappa shape index (κ3) is 2.68. The minimum absolute atomic E-state index is 0.123. The summed E-state index contributed by atoms with van der Waals surface area (Å²) in [7, 11) is 0. The first-order valence-electron chi connectivity index (χ1n) is 9.76. The van der Waals surface area contributed by atoms with Gasteiger partial charge in [-0.1, -0.05) is 70.5 Å². The van der Waals surface area contributed by atoms with Gasteiger partial charge in [0, 0.05) is 15.6 Å². The zero-order valence-electron chi connectivity index (χ0n) is 15.9. The molecule has 6 rings (SSSR count). The Kier molecular flexibility index (Phi) is 3.99. The van der Waals surface area contributed by atoms with E-state index in [1.807, 2.05) is 41.1 Å². The standard InChI is InChI=1S/C24H17BrN4O/c25-17-12-10-16(11-13-17)23-20-21(18-8-4-5-9-19(18)30-23)28-24-26-14-27-29(24)22(20)15-6-2-1-3-7-15/h1-14,22-23H,(H,26,27,28)/t22-,23-/m1/s1. The Morgan fingerprint density at radius 3 is 2.47 bits per heavy atom. The Labute approximate surface area is 182 Å². The predicted octanol–water partition coefficient (Wildman–Crippen LogP) is 5.60. The van der Waals surface area contributed by atoms with Crippen LogP contribution in [0, 0.1) is 0 Å². The van der Waals surface area contributed by atoms with Crippen LogP contribution < -0.4 is 10.1 Å². The van der Waals surface area contributed by atoms with Crippen molar-refractivity contribution in [3.05, 3.63) is 112 Å². The topological polar surface area (TPSA) is 52.0 Å². The molecule has 146 valence electrons. The van der Waals surface area contributed by atoms with E-state index in [9.17, 15) is 0 Å². The van der Waals surface area contributed by atoms with Crippen molar-refractivity contribution in [2.45, 2.75) is 12.1 Å². The second-order valence-electron chi connectivity index (χ2n) is 7.34. The van der Waals surface area contributed by atoms with Gasteiger partial charge in [-0.2, -0.15) is 10.1 Å². The number of anilines is 1. The average Bonchev–Trinajstić information content (AvgIpc) is 3.26. The Balaban J connectivity index is 1.63. The van der Waals surface area contributed by atoms with Crippen molar-refractivity contribution in [1.29, 1.82) is 0 Å². The molecule has 0 bridgehead atoms. The fourth-order valence-electron chi connectivity index (χ4n) is 4.29. The van der Waals surface area contributed by atoms with Gasteiger partial charge < -0.3 is 10.1 Å². The number of rotatable bonds is 2. The normalized spacial score (nSPS) is 19.2. The molecule has 3 heterocycles. The van der Waals surface area contributed by atoms with Gasteiger partial charge >= 0.3 is 0 Å². The lowest BCUT2D eigenvalue weighted by molar-refractivity contribution is 0.223. The maximum absolute atomic E-state index is 6.60. The molecule has 2 atom stereocenters. The molecule has 0 saturated heterocycles. The Morgan fingerprint density at radius 1 is 0.867 bits per heavy atom. The van der Waals surface area contributed by atoms with Gasteiger partial charge in [-0.15, -0.1) is 0 Å². The first-order valence-corrected chi connectivity index (χ1v) is 10.6. The average molecular weight is 457 g/mol. The van der Waals surface area contributed by atoms with E-state index in [1.165, 1.54) is 0 Å². The summed E-state index contributed by atoms with van der Waals surface area (Å²) in [4.78, 5) is 4.47. The van der Waals surface area contributed by atoms with Crippen LogP contribution >= 0.6 is 15.9 Å². The molecule has 0 aliphatic carbocycles. The molecule has 30 heavy (non-hydrogen) atoms. The lowest BCUT2D eigenvalue weighted by Gasteiger charge is -2.39. The van der Waals surface area contributed by atoms with Crippen molar-refractivity contribution in [2.75, 3.05) is 5.32 Å². The van der Waals surface area contributed by atoms with E-state index in [4.69, 9.17) is 4.74 Å². The molecule has 2 aliphatic heterocycles. The van der Waals surface area contributed by atoms with E-state index < -0.39 is 0 Å². The fraction of sp³-hybridized carbons (Fsp3) is 0.0833. The summed E-state index contributed by atoms with van der Waals surface area (Å²) in [5.74, 6) is 1.59. The zero-order valence-corrected chi connectivity index (χ0v) is 17.5. The molecule has 2 aliphatic rings. The molecule has 3 aromatic carbocycles. The largest absolute Gasteiger partial charge is 0.480 e. The number of benzene rings is 3. The molecule has 1 aromatic heterocycles. The van der Waals surface area contributed by atoms with Crippen LogP contribution in [-0.2, 0) is 0 Å². The van der Waals surface area contributed by atoms with Crippen molar-refractivity contribution < 1.29 is 4.74 Å². The van der Waals surface area contributed by atoms with Crippen LogP contribution in [0.4, 0.5) is 5.95 Å². The lowest BCUT2D eigenvalue weighted by Crippen LogP contribution is -2.32. The fourth-order valence-corrected chi connectivity index (χ4v) is 4.55. The second-order valence-corrected chi connectivity index (χ2v) is 8.26. The van der Waals surface area contributed by atoms with Gasteiger partial charge in [0.25, 0.3) is 0 Å². The number of halogens is 1. The monoisotopic (exact) mass is 456 g/mol. The number of aromatic nitrogens is 3. The van der Waals surface area contributed by atoms with E-state index in [0.29, 0.717) is 0 Å². The van der Waals surface area contributed by atoms with Crippen LogP contribution in [0.25, 0.3) is 5.70 Å². The van der Waals surface area contributed by atoms with Gasteiger partial charge in [0.05, 0.1) is 5.70 Å². The maximum Gasteiger partial charge on any atom is 0.226 e. The van der Waals surface area contributed by atoms with E-state index in [2.05, 4.69) is 73.8 Å².